The highest BCUT2D eigenvalue weighted by Crippen LogP contribution is 2.47. The Morgan fingerprint density at radius 2 is 2.00 bits per heavy atom. The Morgan fingerprint density at radius 3 is 2.80 bits per heavy atom. The highest BCUT2D eigenvalue weighted by molar-refractivity contribution is 7.92. The van der Waals surface area contributed by atoms with Crippen molar-refractivity contribution >= 4 is 39.0 Å². The molecular formula is C38H48ClN3O7S. The molecule has 270 valence electrons. The largest absolute Gasteiger partial charge is 0.490 e. The molecule has 1 unspecified atom stereocenters. The second kappa shape index (κ2) is 15.3. The average molecular weight is 726 g/mol. The number of benzene rings is 2. The van der Waals surface area contributed by atoms with E-state index in [0.717, 1.165) is 55.9 Å². The van der Waals surface area contributed by atoms with Gasteiger partial charge in [-0.3, -0.25) is 14.3 Å². The van der Waals surface area contributed by atoms with Crippen molar-refractivity contribution in [3.63, 3.8) is 0 Å². The van der Waals surface area contributed by atoms with Crippen LogP contribution in [0.1, 0.15) is 72.9 Å². The molecule has 10 nitrogen and oxygen atoms in total. The van der Waals surface area contributed by atoms with Crippen LogP contribution in [0.5, 0.6) is 5.75 Å². The predicted octanol–water partition coefficient (Wildman–Crippen LogP) is 6.04. The van der Waals surface area contributed by atoms with Crippen LogP contribution >= 0.6 is 11.6 Å². The van der Waals surface area contributed by atoms with Gasteiger partial charge in [0.05, 0.1) is 30.3 Å². The lowest BCUT2D eigenvalue weighted by Crippen LogP contribution is -2.49. The number of ether oxygens (including phenoxy) is 4. The second-order valence-electron chi connectivity index (χ2n) is 14.4. The van der Waals surface area contributed by atoms with Gasteiger partial charge in [-0.25, -0.2) is 4.21 Å². The third-order valence-corrected chi connectivity index (χ3v) is 13.2. The van der Waals surface area contributed by atoms with Crippen molar-refractivity contribution in [3.05, 3.63) is 70.3 Å². The molecule has 1 spiro atoms. The van der Waals surface area contributed by atoms with Crippen LogP contribution in [-0.2, 0) is 40.8 Å². The monoisotopic (exact) mass is 725 g/mol. The number of hydrogen-bond donors (Lipinski definition) is 1. The Bertz CT molecular complexity index is 1740. The van der Waals surface area contributed by atoms with Crippen molar-refractivity contribution in [2.45, 2.75) is 75.4 Å². The van der Waals surface area contributed by atoms with E-state index < -0.39 is 21.7 Å². The van der Waals surface area contributed by atoms with Gasteiger partial charge in [-0.05, 0) is 111 Å². The van der Waals surface area contributed by atoms with E-state index in [9.17, 15) is 13.8 Å². The molecule has 1 saturated carbocycles. The summed E-state index contributed by atoms with van der Waals surface area (Å²) in [7, 11) is -1.68. The van der Waals surface area contributed by atoms with E-state index in [0.29, 0.717) is 68.7 Å². The van der Waals surface area contributed by atoms with Crippen LogP contribution in [0.2, 0.25) is 5.02 Å². The number of nitrogens with one attached hydrogen (secondary N) is 1. The molecule has 2 aliphatic carbocycles. The van der Waals surface area contributed by atoms with Crippen molar-refractivity contribution in [3.8, 4) is 5.75 Å². The van der Waals surface area contributed by atoms with Crippen molar-refractivity contribution < 1.29 is 32.7 Å². The highest BCUT2D eigenvalue weighted by atomic mass is 35.5. The van der Waals surface area contributed by atoms with E-state index in [4.69, 9.17) is 30.5 Å². The third kappa shape index (κ3) is 7.77. The molecule has 2 aromatic rings. The molecule has 50 heavy (non-hydrogen) atoms. The summed E-state index contributed by atoms with van der Waals surface area (Å²) in [6, 6.07) is 11.6. The number of carbonyl (C=O) groups excluding carboxylic acids is 2. The number of carbonyl (C=O) groups is 2. The topological polar surface area (TPSA) is 116 Å². The van der Waals surface area contributed by atoms with Crippen molar-refractivity contribution in [2.24, 2.45) is 16.2 Å². The van der Waals surface area contributed by atoms with Gasteiger partial charge in [-0.1, -0.05) is 29.8 Å². The standard InChI is InChI=1S/C38H48ClN3O7S/c1-46-34-7-3-2-4-19-50(45,40-36(43)23-48-30-14-17-47-18-15-30)41-37(44)27-9-13-35-33(21-27)42(22-28-8-11-31(28)34)24-38(25-49-35)16-5-6-26-20-29(39)10-12-32(26)38/h3,7,9-10,12-13,20-21,28,30-31,34H,2,4-6,8,11,14-19,22-25H2,1H3,(H,40,41,43,44,45)/b7-3+/t28-,31+,34-,38-,50?/m0/s1. The molecule has 2 bridgehead atoms. The molecule has 5 aliphatic rings. The van der Waals surface area contributed by atoms with E-state index in [1.165, 1.54) is 11.1 Å². The molecule has 2 fully saturated rings. The fourth-order valence-electron chi connectivity index (χ4n) is 8.36. The predicted molar refractivity (Wildman–Crippen MR) is 193 cm³/mol. The van der Waals surface area contributed by atoms with Crippen molar-refractivity contribution in [1.29, 1.82) is 0 Å². The van der Waals surface area contributed by atoms with Crippen LogP contribution in [0.15, 0.2) is 52.9 Å². The number of hydrogen-bond acceptors (Lipinski definition) is 8. The molecule has 1 saturated heterocycles. The van der Waals surface area contributed by atoms with Crippen LogP contribution in [0.4, 0.5) is 5.69 Å². The number of methoxy groups -OCH3 is 1. The Balaban J connectivity index is 1.22. The van der Waals surface area contributed by atoms with Crippen LogP contribution < -0.4 is 14.4 Å². The quantitative estimate of drug-likeness (QED) is 0.371. The minimum atomic E-state index is -3.45. The van der Waals surface area contributed by atoms with Gasteiger partial charge in [0.2, 0.25) is 0 Å². The summed E-state index contributed by atoms with van der Waals surface area (Å²) in [6.07, 6.45) is 11.7. The zero-order chi connectivity index (χ0) is 34.7. The maximum atomic E-state index is 14.2. The van der Waals surface area contributed by atoms with E-state index in [2.05, 4.69) is 38.3 Å². The van der Waals surface area contributed by atoms with Gasteiger partial charge < -0.3 is 23.8 Å². The smallest absolute Gasteiger partial charge is 0.286 e. The lowest BCUT2D eigenvalue weighted by molar-refractivity contribution is -0.128. The van der Waals surface area contributed by atoms with E-state index >= 15 is 0 Å². The maximum Gasteiger partial charge on any atom is 0.286 e. The molecule has 7 rings (SSSR count). The fraction of sp³-hybridized carbons (Fsp3) is 0.579. The summed E-state index contributed by atoms with van der Waals surface area (Å²) in [5, 5.41) is 0.742. The molecule has 12 heteroatoms. The van der Waals surface area contributed by atoms with E-state index in [1.54, 1.807) is 13.2 Å². The normalized spacial score (nSPS) is 30.9. The van der Waals surface area contributed by atoms with Gasteiger partial charge in [0.25, 0.3) is 11.8 Å². The Hall–Kier alpha value is -2.96. The van der Waals surface area contributed by atoms with Gasteiger partial charge in [0.15, 0.2) is 0 Å². The molecule has 3 heterocycles. The lowest BCUT2D eigenvalue weighted by atomic mass is 9.68. The van der Waals surface area contributed by atoms with E-state index in [-0.39, 0.29) is 30.0 Å². The van der Waals surface area contributed by atoms with Crippen molar-refractivity contribution in [1.82, 2.24) is 4.72 Å². The number of nitrogens with zero attached hydrogens (tertiary/aromatic N) is 2. The molecule has 0 aromatic heterocycles. The summed E-state index contributed by atoms with van der Waals surface area (Å²) in [5.74, 6) is 0.295. The van der Waals surface area contributed by atoms with Gasteiger partial charge >= 0.3 is 0 Å². The first kappa shape index (κ1) is 35.4. The zero-order valence-corrected chi connectivity index (χ0v) is 30.4. The first-order valence-electron chi connectivity index (χ1n) is 18.0. The number of amides is 2. The second-order valence-corrected chi connectivity index (χ2v) is 17.0. The summed E-state index contributed by atoms with van der Waals surface area (Å²) in [6.45, 7) is 2.92. The average Bonchev–Trinajstić information content (AvgIpc) is 3.25. The van der Waals surface area contributed by atoms with Crippen LogP contribution in [0.25, 0.3) is 0 Å². The number of fused-ring (bicyclic) bond motifs is 4. The summed E-state index contributed by atoms with van der Waals surface area (Å²) < 4.78 is 44.8. The molecule has 2 amide bonds. The lowest BCUT2D eigenvalue weighted by Gasteiger charge is -2.46. The molecule has 1 N–H and O–H groups in total. The van der Waals surface area contributed by atoms with Crippen LogP contribution in [0.3, 0.4) is 0 Å². The number of allylic oxidation sites excluding steroid dienone is 1. The number of anilines is 1. The first-order valence-corrected chi connectivity index (χ1v) is 20.1. The van der Waals surface area contributed by atoms with Gasteiger partial charge in [-0.15, -0.1) is 4.36 Å². The van der Waals surface area contributed by atoms with E-state index in [1.807, 2.05) is 18.2 Å². The van der Waals surface area contributed by atoms with Crippen molar-refractivity contribution in [2.75, 3.05) is 57.3 Å². The van der Waals surface area contributed by atoms with Gasteiger partial charge in [-0.2, -0.15) is 0 Å². The summed E-state index contributed by atoms with van der Waals surface area (Å²) >= 11 is 6.45. The zero-order valence-electron chi connectivity index (χ0n) is 28.8. The Kier molecular flexibility index (Phi) is 10.9. The number of rotatable bonds is 5. The highest BCUT2D eigenvalue weighted by Gasteiger charge is 2.44. The summed E-state index contributed by atoms with van der Waals surface area (Å²) in [4.78, 5) is 29.2. The Labute approximate surface area is 300 Å². The maximum absolute atomic E-state index is 14.2. The molecular weight excluding hydrogens is 678 g/mol. The van der Waals surface area contributed by atoms with Gasteiger partial charge in [0, 0.05) is 49.4 Å². The molecule has 5 atom stereocenters. The number of aryl methyl sites for hydroxylation is 1. The molecule has 3 aliphatic heterocycles. The molecule has 0 radical (unpaired) electrons. The summed E-state index contributed by atoms with van der Waals surface area (Å²) in [5.41, 5.74) is 3.42. The SMILES string of the molecule is CO[C@H]1/C=C/CCCS(=O)(NC(=O)COC2CCOCC2)=NC(=O)c2ccc3c(c2)N(C[C@@H]2CC[C@H]21)C[C@@]1(CCCc2cc(Cl)ccc21)CO3. The third-order valence-electron chi connectivity index (χ3n) is 11.1. The van der Waals surface area contributed by atoms with Gasteiger partial charge in [0.1, 0.15) is 22.3 Å². The van der Waals surface area contributed by atoms with Crippen LogP contribution in [0, 0.1) is 11.8 Å². The molecule has 2 aromatic carbocycles. The van der Waals surface area contributed by atoms with Crippen LogP contribution in [-0.4, -0.2) is 80.6 Å². The minimum Gasteiger partial charge on any atom is -0.490 e. The Morgan fingerprint density at radius 1 is 1.14 bits per heavy atom. The minimum absolute atomic E-state index is 0.0297. The number of halogens is 1. The fourth-order valence-corrected chi connectivity index (χ4v) is 10.1. The first-order chi connectivity index (χ1) is 24.2.